The highest BCUT2D eigenvalue weighted by atomic mass is 35.5. The van der Waals surface area contributed by atoms with Crippen molar-refractivity contribution in [2.45, 2.75) is 6.92 Å². The third-order valence-corrected chi connectivity index (χ3v) is 2.19. The van der Waals surface area contributed by atoms with Crippen LogP contribution in [0.25, 0.3) is 0 Å². The number of ether oxygens (including phenoxy) is 1. The van der Waals surface area contributed by atoms with Crippen molar-refractivity contribution in [3.8, 4) is 11.6 Å². The van der Waals surface area contributed by atoms with Crippen molar-refractivity contribution in [3.63, 3.8) is 0 Å². The average molecular weight is 236 g/mol. The predicted molar refractivity (Wildman–Crippen MR) is 62.7 cm³/mol. The summed E-state index contributed by atoms with van der Waals surface area (Å²) in [6, 6.07) is 8.57. The SMILES string of the molecule is Cc1ccc(Oc2ccc(Cl)cc2N)nn1. The minimum Gasteiger partial charge on any atom is -0.435 e. The Morgan fingerprint density at radius 3 is 2.62 bits per heavy atom. The van der Waals surface area contributed by atoms with Gasteiger partial charge in [0, 0.05) is 11.1 Å². The van der Waals surface area contributed by atoms with E-state index >= 15 is 0 Å². The zero-order valence-corrected chi connectivity index (χ0v) is 9.40. The predicted octanol–water partition coefficient (Wildman–Crippen LogP) is 2.81. The molecule has 0 spiro atoms. The number of aryl methyl sites for hydroxylation is 1. The highest BCUT2D eigenvalue weighted by Crippen LogP contribution is 2.28. The van der Waals surface area contributed by atoms with Gasteiger partial charge in [0.25, 0.3) is 0 Å². The Balaban J connectivity index is 2.23. The first kappa shape index (κ1) is 10.7. The summed E-state index contributed by atoms with van der Waals surface area (Å²) < 4.78 is 5.46. The van der Waals surface area contributed by atoms with Crippen LogP contribution in [-0.4, -0.2) is 10.2 Å². The Hall–Kier alpha value is -1.81. The Bertz CT molecular complexity index is 499. The van der Waals surface area contributed by atoms with Crippen LogP contribution in [0.15, 0.2) is 30.3 Å². The Morgan fingerprint density at radius 1 is 1.19 bits per heavy atom. The Kier molecular flexibility index (Phi) is 2.92. The fraction of sp³-hybridized carbons (Fsp3) is 0.0909. The number of aromatic nitrogens is 2. The van der Waals surface area contributed by atoms with E-state index in [2.05, 4.69) is 10.2 Å². The molecule has 16 heavy (non-hydrogen) atoms. The summed E-state index contributed by atoms with van der Waals surface area (Å²) in [5, 5.41) is 8.33. The van der Waals surface area contributed by atoms with Gasteiger partial charge in [0.05, 0.1) is 11.4 Å². The van der Waals surface area contributed by atoms with Crippen LogP contribution in [0, 0.1) is 6.92 Å². The molecular formula is C11H10ClN3O. The standard InChI is InChI=1S/C11H10ClN3O/c1-7-2-5-11(15-14-7)16-10-4-3-8(12)6-9(10)13/h2-6H,13H2,1H3. The van der Waals surface area contributed by atoms with E-state index in [1.54, 1.807) is 24.3 Å². The number of hydrogen-bond acceptors (Lipinski definition) is 4. The molecule has 0 saturated carbocycles. The number of anilines is 1. The molecule has 0 aliphatic rings. The molecule has 82 valence electrons. The quantitative estimate of drug-likeness (QED) is 0.813. The first-order valence-corrected chi connectivity index (χ1v) is 5.06. The van der Waals surface area contributed by atoms with Gasteiger partial charge >= 0.3 is 0 Å². The number of benzene rings is 1. The molecule has 0 saturated heterocycles. The van der Waals surface area contributed by atoms with E-state index in [1.165, 1.54) is 0 Å². The van der Waals surface area contributed by atoms with Crippen molar-refractivity contribution >= 4 is 17.3 Å². The second-order valence-electron chi connectivity index (χ2n) is 3.30. The summed E-state index contributed by atoms with van der Waals surface area (Å²) in [7, 11) is 0. The molecule has 0 fully saturated rings. The molecule has 0 aliphatic carbocycles. The van der Waals surface area contributed by atoms with Crippen LogP contribution in [0.1, 0.15) is 5.69 Å². The molecule has 0 bridgehead atoms. The smallest absolute Gasteiger partial charge is 0.238 e. The topological polar surface area (TPSA) is 61.0 Å². The van der Waals surface area contributed by atoms with Crippen LogP contribution < -0.4 is 10.5 Å². The van der Waals surface area contributed by atoms with Gasteiger partial charge in [-0.1, -0.05) is 11.6 Å². The number of nitrogens with two attached hydrogens (primary N) is 1. The van der Waals surface area contributed by atoms with E-state index in [0.717, 1.165) is 5.69 Å². The first-order chi connectivity index (χ1) is 7.65. The largest absolute Gasteiger partial charge is 0.435 e. The molecular weight excluding hydrogens is 226 g/mol. The van der Waals surface area contributed by atoms with Gasteiger partial charge in [0.15, 0.2) is 5.75 Å². The number of nitrogen functional groups attached to an aromatic ring is 1. The van der Waals surface area contributed by atoms with Gasteiger partial charge in [0.1, 0.15) is 0 Å². The van der Waals surface area contributed by atoms with Gasteiger partial charge in [-0.15, -0.1) is 5.10 Å². The zero-order valence-electron chi connectivity index (χ0n) is 8.64. The zero-order chi connectivity index (χ0) is 11.5. The molecule has 1 aromatic carbocycles. The highest BCUT2D eigenvalue weighted by molar-refractivity contribution is 6.30. The normalized spacial score (nSPS) is 10.1. The molecule has 0 atom stereocenters. The number of nitrogens with zero attached hydrogens (tertiary/aromatic N) is 2. The van der Waals surface area contributed by atoms with Crippen molar-refractivity contribution in [3.05, 3.63) is 41.0 Å². The van der Waals surface area contributed by atoms with E-state index in [-0.39, 0.29) is 0 Å². The van der Waals surface area contributed by atoms with Crippen LogP contribution in [0.3, 0.4) is 0 Å². The van der Waals surface area contributed by atoms with E-state index in [0.29, 0.717) is 22.3 Å². The van der Waals surface area contributed by atoms with Crippen molar-refractivity contribution < 1.29 is 4.74 Å². The molecule has 5 heteroatoms. The summed E-state index contributed by atoms with van der Waals surface area (Å²) in [6.07, 6.45) is 0. The molecule has 0 unspecified atom stereocenters. The summed E-state index contributed by atoms with van der Waals surface area (Å²) >= 11 is 5.78. The fourth-order valence-electron chi connectivity index (χ4n) is 1.17. The molecule has 2 rings (SSSR count). The summed E-state index contributed by atoms with van der Waals surface area (Å²) in [5.41, 5.74) is 7.04. The van der Waals surface area contributed by atoms with Crippen molar-refractivity contribution in [2.75, 3.05) is 5.73 Å². The average Bonchev–Trinajstić information content (AvgIpc) is 2.25. The number of rotatable bonds is 2. The lowest BCUT2D eigenvalue weighted by Gasteiger charge is -2.06. The molecule has 4 nitrogen and oxygen atoms in total. The lowest BCUT2D eigenvalue weighted by atomic mass is 10.3. The molecule has 0 amide bonds. The minimum atomic E-state index is 0.402. The Morgan fingerprint density at radius 2 is 2.00 bits per heavy atom. The van der Waals surface area contributed by atoms with Gasteiger partial charge in [-0.25, -0.2) is 0 Å². The summed E-state index contributed by atoms with van der Waals surface area (Å²) in [6.45, 7) is 1.85. The molecule has 0 radical (unpaired) electrons. The number of halogens is 1. The lowest BCUT2D eigenvalue weighted by Crippen LogP contribution is -1.95. The second kappa shape index (κ2) is 4.37. The van der Waals surface area contributed by atoms with Gasteiger partial charge in [-0.2, -0.15) is 5.10 Å². The van der Waals surface area contributed by atoms with E-state index < -0.39 is 0 Å². The van der Waals surface area contributed by atoms with Crippen molar-refractivity contribution in [1.29, 1.82) is 0 Å². The van der Waals surface area contributed by atoms with Gasteiger partial charge in [0.2, 0.25) is 5.88 Å². The van der Waals surface area contributed by atoms with Crippen LogP contribution >= 0.6 is 11.6 Å². The first-order valence-electron chi connectivity index (χ1n) is 4.68. The van der Waals surface area contributed by atoms with Crippen LogP contribution in [0.2, 0.25) is 5.02 Å². The van der Waals surface area contributed by atoms with Crippen molar-refractivity contribution in [1.82, 2.24) is 10.2 Å². The van der Waals surface area contributed by atoms with Crippen LogP contribution in [0.4, 0.5) is 5.69 Å². The van der Waals surface area contributed by atoms with E-state index in [1.807, 2.05) is 13.0 Å². The summed E-state index contributed by atoms with van der Waals surface area (Å²) in [4.78, 5) is 0. The molecule has 2 aromatic rings. The molecule has 0 aliphatic heterocycles. The van der Waals surface area contributed by atoms with E-state index in [4.69, 9.17) is 22.1 Å². The lowest BCUT2D eigenvalue weighted by molar-refractivity contribution is 0.456. The second-order valence-corrected chi connectivity index (χ2v) is 3.73. The van der Waals surface area contributed by atoms with Gasteiger partial charge < -0.3 is 10.5 Å². The molecule has 1 heterocycles. The maximum atomic E-state index is 5.78. The third kappa shape index (κ3) is 2.41. The number of hydrogen-bond donors (Lipinski definition) is 1. The maximum Gasteiger partial charge on any atom is 0.238 e. The minimum absolute atomic E-state index is 0.402. The van der Waals surface area contributed by atoms with E-state index in [9.17, 15) is 0 Å². The summed E-state index contributed by atoms with van der Waals surface area (Å²) in [5.74, 6) is 0.919. The van der Waals surface area contributed by atoms with Gasteiger partial charge in [-0.05, 0) is 31.2 Å². The highest BCUT2D eigenvalue weighted by Gasteiger charge is 2.03. The van der Waals surface area contributed by atoms with Crippen molar-refractivity contribution in [2.24, 2.45) is 0 Å². The van der Waals surface area contributed by atoms with Gasteiger partial charge in [-0.3, -0.25) is 0 Å². The maximum absolute atomic E-state index is 5.78. The monoisotopic (exact) mass is 235 g/mol. The third-order valence-electron chi connectivity index (χ3n) is 1.96. The Labute approximate surface area is 98.0 Å². The molecule has 1 aromatic heterocycles. The van der Waals surface area contributed by atoms with Crippen LogP contribution in [-0.2, 0) is 0 Å². The fourth-order valence-corrected chi connectivity index (χ4v) is 1.35. The van der Waals surface area contributed by atoms with Crippen LogP contribution in [0.5, 0.6) is 11.6 Å². The molecule has 2 N–H and O–H groups in total.